The summed E-state index contributed by atoms with van der Waals surface area (Å²) in [5, 5.41) is 9.09. The Morgan fingerprint density at radius 3 is 2.19 bits per heavy atom. The zero-order valence-electron chi connectivity index (χ0n) is 19.2. The third-order valence-corrected chi connectivity index (χ3v) is 7.67. The third-order valence-electron chi connectivity index (χ3n) is 5.89. The fourth-order valence-electron chi connectivity index (χ4n) is 4.01. The molecule has 0 amide bonds. The van der Waals surface area contributed by atoms with Crippen molar-refractivity contribution in [2.45, 2.75) is 37.3 Å². The Morgan fingerprint density at radius 1 is 0.972 bits per heavy atom. The molecule has 0 saturated carbocycles. The number of hydrogen-bond donors (Lipinski definition) is 1. The van der Waals surface area contributed by atoms with Gasteiger partial charge in [-0.05, 0) is 65.6 Å². The second-order valence-corrected chi connectivity index (χ2v) is 10.5. The van der Waals surface area contributed by atoms with E-state index in [-0.39, 0.29) is 39.4 Å². The molecule has 5 nitrogen and oxygen atoms in total. The van der Waals surface area contributed by atoms with Gasteiger partial charge in [-0.15, -0.1) is 0 Å². The van der Waals surface area contributed by atoms with Gasteiger partial charge in [0, 0.05) is 17.5 Å². The summed E-state index contributed by atoms with van der Waals surface area (Å²) >= 11 is 0. The number of carboxylic acids is 1. The second-order valence-electron chi connectivity index (χ2n) is 8.70. The summed E-state index contributed by atoms with van der Waals surface area (Å²) in [7, 11) is -4.25. The van der Waals surface area contributed by atoms with Crippen LogP contribution in [0.2, 0.25) is 0 Å². The van der Waals surface area contributed by atoms with E-state index in [0.29, 0.717) is 0 Å². The first-order chi connectivity index (χ1) is 16.8. The van der Waals surface area contributed by atoms with Crippen LogP contribution in [0.4, 0.5) is 17.6 Å². The number of halogens is 4. The van der Waals surface area contributed by atoms with Crippen molar-refractivity contribution in [1.82, 2.24) is 3.97 Å². The molecule has 0 aliphatic rings. The Kier molecular flexibility index (Phi) is 6.42. The van der Waals surface area contributed by atoms with Crippen LogP contribution in [0.3, 0.4) is 0 Å². The van der Waals surface area contributed by atoms with E-state index >= 15 is 0 Å². The molecule has 0 radical (unpaired) electrons. The Balaban J connectivity index is 1.90. The predicted octanol–water partition coefficient (Wildman–Crippen LogP) is 6.45. The van der Waals surface area contributed by atoms with Crippen molar-refractivity contribution >= 4 is 26.9 Å². The van der Waals surface area contributed by atoms with Crippen LogP contribution in [0, 0.1) is 5.82 Å². The number of benzene rings is 3. The Morgan fingerprint density at radius 2 is 1.64 bits per heavy atom. The van der Waals surface area contributed by atoms with Gasteiger partial charge >= 0.3 is 12.1 Å². The maximum absolute atomic E-state index is 14.3. The van der Waals surface area contributed by atoms with E-state index in [4.69, 9.17) is 5.11 Å². The highest BCUT2D eigenvalue weighted by Crippen LogP contribution is 2.34. The lowest BCUT2D eigenvalue weighted by Crippen LogP contribution is -2.16. The maximum Gasteiger partial charge on any atom is 0.416 e. The molecule has 1 heterocycles. The smallest absolute Gasteiger partial charge is 0.416 e. The summed E-state index contributed by atoms with van der Waals surface area (Å²) in [6.07, 6.45) is -4.80. The minimum Gasteiger partial charge on any atom is -0.478 e. The van der Waals surface area contributed by atoms with E-state index < -0.39 is 39.1 Å². The molecule has 1 aromatic heterocycles. The van der Waals surface area contributed by atoms with Gasteiger partial charge in [-0.2, -0.15) is 13.2 Å². The maximum atomic E-state index is 14.3. The molecule has 3 aromatic carbocycles. The summed E-state index contributed by atoms with van der Waals surface area (Å²) < 4.78 is 82.5. The van der Waals surface area contributed by atoms with Gasteiger partial charge in [0.2, 0.25) is 0 Å². The SMILES string of the molecule is CC(C)c1ccc(S(=O)(=O)n2c(Cc3ccc(C(=O)O)c(F)c3)cc3cc(C(F)(F)F)ccc32)cc1. The average molecular weight is 520 g/mol. The van der Waals surface area contributed by atoms with E-state index in [0.717, 1.165) is 39.9 Å². The van der Waals surface area contributed by atoms with Gasteiger partial charge < -0.3 is 5.11 Å². The minimum atomic E-state index is -4.63. The zero-order valence-corrected chi connectivity index (χ0v) is 20.0. The van der Waals surface area contributed by atoms with E-state index in [1.54, 1.807) is 12.1 Å². The standard InChI is InChI=1S/C26H21F4NO4S/c1-15(2)17-4-7-21(8-5-17)36(34,35)31-20(11-16-3-9-22(25(32)33)23(27)12-16)14-18-13-19(26(28,29)30)6-10-24(18)31/h3-10,12-15H,11H2,1-2H3,(H,32,33). The molecule has 36 heavy (non-hydrogen) atoms. The van der Waals surface area contributed by atoms with Crippen molar-refractivity contribution in [3.63, 3.8) is 0 Å². The molecule has 0 saturated heterocycles. The van der Waals surface area contributed by atoms with Crippen molar-refractivity contribution in [1.29, 1.82) is 0 Å². The number of aromatic nitrogens is 1. The van der Waals surface area contributed by atoms with Crippen molar-refractivity contribution in [2.75, 3.05) is 0 Å². The molecule has 0 aliphatic carbocycles. The van der Waals surface area contributed by atoms with Gasteiger partial charge in [0.05, 0.1) is 21.5 Å². The number of carboxylic acid groups (broad SMARTS) is 1. The molecule has 0 aliphatic heterocycles. The lowest BCUT2D eigenvalue weighted by molar-refractivity contribution is -0.137. The number of rotatable bonds is 6. The highest BCUT2D eigenvalue weighted by Gasteiger charge is 2.32. The molecule has 4 rings (SSSR count). The fraction of sp³-hybridized carbons (Fsp3) is 0.192. The van der Waals surface area contributed by atoms with Crippen LogP contribution in [-0.2, 0) is 22.6 Å². The topological polar surface area (TPSA) is 76.4 Å². The molecule has 0 unspecified atom stereocenters. The monoisotopic (exact) mass is 519 g/mol. The molecule has 188 valence electrons. The van der Waals surface area contributed by atoms with Crippen LogP contribution in [0.1, 0.15) is 52.5 Å². The lowest BCUT2D eigenvalue weighted by Gasteiger charge is -2.14. The average Bonchev–Trinajstić information content (AvgIpc) is 3.16. The van der Waals surface area contributed by atoms with Gasteiger partial charge in [-0.1, -0.05) is 32.0 Å². The van der Waals surface area contributed by atoms with E-state index in [1.165, 1.54) is 24.3 Å². The Bertz CT molecular complexity index is 1570. The number of aromatic carboxylic acids is 1. The second kappa shape index (κ2) is 9.09. The first-order valence-corrected chi connectivity index (χ1v) is 12.3. The summed E-state index contributed by atoms with van der Waals surface area (Å²) in [6, 6.07) is 13.6. The van der Waals surface area contributed by atoms with Crippen LogP contribution in [0.5, 0.6) is 0 Å². The fourth-order valence-corrected chi connectivity index (χ4v) is 5.55. The lowest BCUT2D eigenvalue weighted by atomic mass is 10.0. The summed E-state index contributed by atoms with van der Waals surface area (Å²) in [6.45, 7) is 3.90. The van der Waals surface area contributed by atoms with E-state index in [2.05, 4.69) is 0 Å². The van der Waals surface area contributed by atoms with Gasteiger partial charge in [0.1, 0.15) is 5.82 Å². The van der Waals surface area contributed by atoms with Crippen LogP contribution in [0.25, 0.3) is 10.9 Å². The summed E-state index contributed by atoms with van der Waals surface area (Å²) in [5.41, 5.74) is -0.187. The van der Waals surface area contributed by atoms with Crippen molar-refractivity contribution in [3.05, 3.63) is 100 Å². The highest BCUT2D eigenvalue weighted by atomic mass is 32.2. The van der Waals surface area contributed by atoms with Crippen molar-refractivity contribution < 1.29 is 35.9 Å². The summed E-state index contributed by atoms with van der Waals surface area (Å²) in [4.78, 5) is 11.1. The van der Waals surface area contributed by atoms with Gasteiger partial charge in [0.15, 0.2) is 0 Å². The first-order valence-electron chi connectivity index (χ1n) is 10.9. The quantitative estimate of drug-likeness (QED) is 0.297. The Hall–Kier alpha value is -3.66. The van der Waals surface area contributed by atoms with Gasteiger partial charge in [-0.25, -0.2) is 21.6 Å². The zero-order chi connectivity index (χ0) is 26.4. The normalized spacial score (nSPS) is 12.4. The Labute approximate surface area is 204 Å². The van der Waals surface area contributed by atoms with E-state index in [9.17, 15) is 30.8 Å². The van der Waals surface area contributed by atoms with Crippen molar-refractivity contribution in [3.8, 4) is 0 Å². The molecule has 10 heteroatoms. The number of hydrogen-bond acceptors (Lipinski definition) is 3. The van der Waals surface area contributed by atoms with Crippen LogP contribution >= 0.6 is 0 Å². The highest BCUT2D eigenvalue weighted by molar-refractivity contribution is 7.90. The number of carbonyl (C=O) groups is 1. The molecule has 0 atom stereocenters. The number of nitrogens with zero attached hydrogens (tertiary/aromatic N) is 1. The predicted molar refractivity (Wildman–Crippen MR) is 126 cm³/mol. The van der Waals surface area contributed by atoms with Crippen LogP contribution in [0.15, 0.2) is 71.6 Å². The third kappa shape index (κ3) is 4.73. The molecular weight excluding hydrogens is 498 g/mol. The largest absolute Gasteiger partial charge is 0.478 e. The molecule has 0 spiro atoms. The number of fused-ring (bicyclic) bond motifs is 1. The molecule has 0 bridgehead atoms. The van der Waals surface area contributed by atoms with Crippen molar-refractivity contribution in [2.24, 2.45) is 0 Å². The minimum absolute atomic E-state index is 0.0357. The molecular formula is C26H21F4NO4S. The van der Waals surface area contributed by atoms with Gasteiger partial charge in [0.25, 0.3) is 10.0 Å². The van der Waals surface area contributed by atoms with Crippen LogP contribution in [-0.4, -0.2) is 23.5 Å². The first kappa shape index (κ1) is 25.4. The summed E-state index contributed by atoms with van der Waals surface area (Å²) in [5.74, 6) is -2.30. The van der Waals surface area contributed by atoms with Crippen LogP contribution < -0.4 is 0 Å². The number of alkyl halides is 3. The molecule has 4 aromatic rings. The molecule has 1 N–H and O–H groups in total. The van der Waals surface area contributed by atoms with E-state index in [1.807, 2.05) is 13.8 Å². The van der Waals surface area contributed by atoms with Gasteiger partial charge in [-0.3, -0.25) is 0 Å². The molecule has 0 fully saturated rings.